The molecule has 102 valence electrons. The molecule has 3 rings (SSSR count). The maximum atomic E-state index is 8.83. The van der Waals surface area contributed by atoms with Crippen molar-refractivity contribution in [2.45, 2.75) is 19.4 Å². The van der Waals surface area contributed by atoms with Crippen LogP contribution in [0, 0.1) is 0 Å². The molecule has 0 fully saturated rings. The molecule has 1 aromatic carbocycles. The molecule has 0 aliphatic carbocycles. The number of hydrogen-bond donors (Lipinski definition) is 1. The predicted octanol–water partition coefficient (Wildman–Crippen LogP) is 1.80. The molecule has 0 aliphatic rings. The fourth-order valence-corrected chi connectivity index (χ4v) is 2.26. The van der Waals surface area contributed by atoms with E-state index in [4.69, 9.17) is 5.11 Å². The minimum absolute atomic E-state index is 0.182. The van der Waals surface area contributed by atoms with Gasteiger partial charge in [0.25, 0.3) is 0 Å². The third kappa shape index (κ3) is 2.67. The molecule has 5 heteroatoms. The van der Waals surface area contributed by atoms with Gasteiger partial charge in [-0.1, -0.05) is 23.4 Å². The second kappa shape index (κ2) is 5.79. The number of aryl methyl sites for hydroxylation is 1. The number of rotatable bonds is 5. The van der Waals surface area contributed by atoms with Gasteiger partial charge in [0.05, 0.1) is 17.8 Å². The predicted molar refractivity (Wildman–Crippen MR) is 76.3 cm³/mol. The molecule has 0 saturated carbocycles. The summed E-state index contributed by atoms with van der Waals surface area (Å²) in [4.78, 5) is 4.36. The largest absolute Gasteiger partial charge is 0.396 e. The Hall–Kier alpha value is -2.27. The van der Waals surface area contributed by atoms with E-state index in [9.17, 15) is 0 Å². The lowest BCUT2D eigenvalue weighted by Crippen LogP contribution is -2.01. The maximum absolute atomic E-state index is 8.83. The van der Waals surface area contributed by atoms with Crippen molar-refractivity contribution in [3.05, 3.63) is 54.0 Å². The average molecular weight is 268 g/mol. The number of pyridine rings is 1. The highest BCUT2D eigenvalue weighted by Crippen LogP contribution is 2.17. The van der Waals surface area contributed by atoms with Crippen LogP contribution in [0.1, 0.15) is 17.7 Å². The Morgan fingerprint density at radius 2 is 2.05 bits per heavy atom. The Balaban J connectivity index is 1.84. The SMILES string of the molecule is OCCCc1cn(Cc2ccnc3ccccc23)nn1. The fourth-order valence-electron chi connectivity index (χ4n) is 2.26. The summed E-state index contributed by atoms with van der Waals surface area (Å²) in [5, 5.41) is 18.2. The van der Waals surface area contributed by atoms with Crippen LogP contribution >= 0.6 is 0 Å². The van der Waals surface area contributed by atoms with Crippen molar-refractivity contribution in [3.8, 4) is 0 Å². The summed E-state index contributed by atoms with van der Waals surface area (Å²) >= 11 is 0. The van der Waals surface area contributed by atoms with Crippen molar-refractivity contribution >= 4 is 10.9 Å². The quantitative estimate of drug-likeness (QED) is 0.766. The standard InChI is InChI=1S/C15H16N4O/c20-9-3-4-13-11-19(18-17-13)10-12-7-8-16-15-6-2-1-5-14(12)15/h1-2,5-8,11,20H,3-4,9-10H2. The molecule has 0 aliphatic heterocycles. The zero-order valence-electron chi connectivity index (χ0n) is 11.1. The lowest BCUT2D eigenvalue weighted by atomic mass is 10.1. The fraction of sp³-hybridized carbons (Fsp3) is 0.267. The van der Waals surface area contributed by atoms with Crippen LogP contribution in [0.25, 0.3) is 10.9 Å². The summed E-state index contributed by atoms with van der Waals surface area (Å²) in [6.07, 6.45) is 5.23. The van der Waals surface area contributed by atoms with Gasteiger partial charge in [0, 0.05) is 24.4 Å². The minimum Gasteiger partial charge on any atom is -0.396 e. The lowest BCUT2D eigenvalue weighted by Gasteiger charge is -2.05. The second-order valence-corrected chi connectivity index (χ2v) is 4.72. The first kappa shape index (κ1) is 12.7. The third-order valence-corrected chi connectivity index (χ3v) is 3.25. The van der Waals surface area contributed by atoms with Crippen LogP contribution in [0.2, 0.25) is 0 Å². The van der Waals surface area contributed by atoms with Gasteiger partial charge in [-0.3, -0.25) is 4.98 Å². The van der Waals surface area contributed by atoms with Crippen LogP contribution in [0.15, 0.2) is 42.7 Å². The number of aromatic nitrogens is 4. The smallest absolute Gasteiger partial charge is 0.0828 e. The molecule has 2 heterocycles. The molecule has 2 aromatic heterocycles. The highest BCUT2D eigenvalue weighted by atomic mass is 16.2. The van der Waals surface area contributed by atoms with Gasteiger partial charge < -0.3 is 5.11 Å². The molecule has 0 bridgehead atoms. The van der Waals surface area contributed by atoms with E-state index < -0.39 is 0 Å². The van der Waals surface area contributed by atoms with E-state index >= 15 is 0 Å². The Kier molecular flexibility index (Phi) is 3.69. The molecule has 0 radical (unpaired) electrons. The summed E-state index contributed by atoms with van der Waals surface area (Å²) in [5.41, 5.74) is 3.08. The van der Waals surface area contributed by atoms with Crippen LogP contribution < -0.4 is 0 Å². The van der Waals surface area contributed by atoms with Gasteiger partial charge in [0.2, 0.25) is 0 Å². The lowest BCUT2D eigenvalue weighted by molar-refractivity contribution is 0.288. The summed E-state index contributed by atoms with van der Waals surface area (Å²) in [6, 6.07) is 10.1. The first-order valence-electron chi connectivity index (χ1n) is 6.69. The Labute approximate surface area is 116 Å². The molecule has 0 atom stereocenters. The monoisotopic (exact) mass is 268 g/mol. The van der Waals surface area contributed by atoms with Crippen molar-refractivity contribution in [2.24, 2.45) is 0 Å². The second-order valence-electron chi connectivity index (χ2n) is 4.72. The van der Waals surface area contributed by atoms with Gasteiger partial charge in [-0.2, -0.15) is 0 Å². The van der Waals surface area contributed by atoms with Crippen molar-refractivity contribution in [1.82, 2.24) is 20.0 Å². The third-order valence-electron chi connectivity index (χ3n) is 3.25. The average Bonchev–Trinajstić information content (AvgIpc) is 2.93. The van der Waals surface area contributed by atoms with Crippen LogP contribution in [-0.4, -0.2) is 31.7 Å². The number of fused-ring (bicyclic) bond motifs is 1. The first-order valence-corrected chi connectivity index (χ1v) is 6.69. The molecule has 20 heavy (non-hydrogen) atoms. The summed E-state index contributed by atoms with van der Waals surface area (Å²) in [6.45, 7) is 0.858. The van der Waals surface area contributed by atoms with E-state index in [0.717, 1.165) is 29.4 Å². The summed E-state index contributed by atoms with van der Waals surface area (Å²) in [5.74, 6) is 0. The molecule has 0 unspecified atom stereocenters. The van der Waals surface area contributed by atoms with Crippen LogP contribution in [-0.2, 0) is 13.0 Å². The number of para-hydroxylation sites is 1. The number of hydrogen-bond acceptors (Lipinski definition) is 4. The Morgan fingerprint density at radius 1 is 1.15 bits per heavy atom. The van der Waals surface area contributed by atoms with Crippen LogP contribution in [0.5, 0.6) is 0 Å². The summed E-state index contributed by atoms with van der Waals surface area (Å²) in [7, 11) is 0. The molecular formula is C15H16N4O. The highest BCUT2D eigenvalue weighted by molar-refractivity contribution is 5.81. The van der Waals surface area contributed by atoms with E-state index in [1.807, 2.05) is 41.3 Å². The van der Waals surface area contributed by atoms with E-state index in [2.05, 4.69) is 21.4 Å². The van der Waals surface area contributed by atoms with Gasteiger partial charge in [0.1, 0.15) is 0 Å². The highest BCUT2D eigenvalue weighted by Gasteiger charge is 2.05. The van der Waals surface area contributed by atoms with Gasteiger partial charge in [-0.25, -0.2) is 4.68 Å². The molecule has 5 nitrogen and oxygen atoms in total. The first-order chi connectivity index (χ1) is 9.86. The normalized spacial score (nSPS) is 11.1. The van der Waals surface area contributed by atoms with Crippen molar-refractivity contribution in [2.75, 3.05) is 6.61 Å². The Bertz CT molecular complexity index is 702. The van der Waals surface area contributed by atoms with Crippen LogP contribution in [0.4, 0.5) is 0 Å². The Morgan fingerprint density at radius 3 is 2.95 bits per heavy atom. The zero-order valence-corrected chi connectivity index (χ0v) is 11.1. The molecule has 3 aromatic rings. The minimum atomic E-state index is 0.182. The number of nitrogens with zero attached hydrogens (tertiary/aromatic N) is 4. The molecular weight excluding hydrogens is 252 g/mol. The van der Waals surface area contributed by atoms with Crippen molar-refractivity contribution in [3.63, 3.8) is 0 Å². The summed E-state index contributed by atoms with van der Waals surface area (Å²) < 4.78 is 1.83. The van der Waals surface area contributed by atoms with Gasteiger partial charge in [-0.15, -0.1) is 5.10 Å². The van der Waals surface area contributed by atoms with Gasteiger partial charge in [0.15, 0.2) is 0 Å². The maximum Gasteiger partial charge on any atom is 0.0828 e. The van der Waals surface area contributed by atoms with Crippen molar-refractivity contribution in [1.29, 1.82) is 0 Å². The number of aliphatic hydroxyl groups is 1. The van der Waals surface area contributed by atoms with E-state index in [-0.39, 0.29) is 6.61 Å². The topological polar surface area (TPSA) is 63.8 Å². The zero-order chi connectivity index (χ0) is 13.8. The van der Waals surface area contributed by atoms with E-state index in [0.29, 0.717) is 6.54 Å². The molecule has 1 N–H and O–H groups in total. The molecule has 0 spiro atoms. The van der Waals surface area contributed by atoms with Gasteiger partial charge >= 0.3 is 0 Å². The number of aliphatic hydroxyl groups excluding tert-OH is 1. The van der Waals surface area contributed by atoms with Crippen LogP contribution in [0.3, 0.4) is 0 Å². The molecule has 0 saturated heterocycles. The van der Waals surface area contributed by atoms with E-state index in [1.165, 1.54) is 5.56 Å². The van der Waals surface area contributed by atoms with E-state index in [1.54, 1.807) is 0 Å². The van der Waals surface area contributed by atoms with Gasteiger partial charge in [-0.05, 0) is 30.5 Å². The van der Waals surface area contributed by atoms with Crippen molar-refractivity contribution < 1.29 is 5.11 Å². The molecule has 0 amide bonds. The number of benzene rings is 1.